The van der Waals surface area contributed by atoms with Crippen molar-refractivity contribution < 1.29 is 13.5 Å². The molecule has 1 aliphatic rings. The lowest BCUT2D eigenvalue weighted by atomic mass is 10.1. The van der Waals surface area contributed by atoms with Crippen LogP contribution in [0.2, 0.25) is 0 Å². The molecule has 1 heterocycles. The van der Waals surface area contributed by atoms with Gasteiger partial charge in [-0.2, -0.15) is 4.31 Å². The van der Waals surface area contributed by atoms with Gasteiger partial charge in [0.1, 0.15) is 0 Å². The monoisotopic (exact) mass is 269 g/mol. The summed E-state index contributed by atoms with van der Waals surface area (Å²) in [6.07, 6.45) is 0.670. The molecular weight excluding hydrogens is 250 g/mol. The molecule has 1 N–H and O–H groups in total. The Hall–Kier alpha value is -0.910. The molecule has 0 atom stereocenters. The zero-order valence-electron chi connectivity index (χ0n) is 10.8. The van der Waals surface area contributed by atoms with Gasteiger partial charge in [-0.15, -0.1) is 0 Å². The Bertz CT molecular complexity index is 531. The average Bonchev–Trinajstić information content (AvgIpc) is 2.32. The molecule has 2 rings (SSSR count). The van der Waals surface area contributed by atoms with Crippen LogP contribution in [0.5, 0.6) is 0 Å². The molecule has 1 aromatic rings. The second-order valence-corrected chi connectivity index (χ2v) is 6.81. The van der Waals surface area contributed by atoms with Crippen LogP contribution in [0.15, 0.2) is 23.1 Å². The highest BCUT2D eigenvalue weighted by molar-refractivity contribution is 7.89. The van der Waals surface area contributed by atoms with Crippen molar-refractivity contribution in [2.24, 2.45) is 0 Å². The number of aliphatic hydroxyl groups excluding tert-OH is 1. The van der Waals surface area contributed by atoms with Gasteiger partial charge in [0.2, 0.25) is 10.0 Å². The van der Waals surface area contributed by atoms with E-state index in [0.717, 1.165) is 11.1 Å². The molecule has 0 unspecified atom stereocenters. The highest BCUT2D eigenvalue weighted by Gasteiger charge is 2.29. The van der Waals surface area contributed by atoms with Gasteiger partial charge in [-0.1, -0.05) is 12.1 Å². The zero-order valence-corrected chi connectivity index (χ0v) is 11.6. The van der Waals surface area contributed by atoms with Gasteiger partial charge in [0, 0.05) is 13.1 Å². The first-order valence-corrected chi connectivity index (χ1v) is 7.61. The molecule has 1 aromatic carbocycles. The predicted octanol–water partition coefficient (Wildman–Crippen LogP) is 1.45. The Morgan fingerprint density at radius 3 is 2.44 bits per heavy atom. The average molecular weight is 269 g/mol. The minimum Gasteiger partial charge on any atom is -0.393 e. The van der Waals surface area contributed by atoms with Crippen molar-refractivity contribution in [2.75, 3.05) is 13.1 Å². The molecule has 4 nitrogen and oxygen atoms in total. The van der Waals surface area contributed by atoms with E-state index in [4.69, 9.17) is 0 Å². The first-order chi connectivity index (χ1) is 8.41. The maximum absolute atomic E-state index is 12.5. The highest BCUT2D eigenvalue weighted by Crippen LogP contribution is 2.24. The van der Waals surface area contributed by atoms with Gasteiger partial charge < -0.3 is 5.11 Å². The molecule has 0 aliphatic carbocycles. The molecule has 0 aromatic heterocycles. The number of hydrogen-bond acceptors (Lipinski definition) is 3. The Labute approximate surface area is 108 Å². The quantitative estimate of drug-likeness (QED) is 0.884. The number of nitrogens with zero attached hydrogens (tertiary/aromatic N) is 1. The third-order valence-electron chi connectivity index (χ3n) is 3.38. The molecule has 1 aliphatic heterocycles. The number of piperidine rings is 1. The van der Waals surface area contributed by atoms with Crippen molar-refractivity contribution in [3.05, 3.63) is 29.3 Å². The van der Waals surface area contributed by atoms with Crippen LogP contribution in [0.3, 0.4) is 0 Å². The zero-order chi connectivity index (χ0) is 13.3. The van der Waals surface area contributed by atoms with Crippen LogP contribution in [0, 0.1) is 13.8 Å². The summed E-state index contributed by atoms with van der Waals surface area (Å²) < 4.78 is 26.5. The van der Waals surface area contributed by atoms with E-state index in [0.29, 0.717) is 30.8 Å². The first-order valence-electron chi connectivity index (χ1n) is 6.17. The summed E-state index contributed by atoms with van der Waals surface area (Å²) in [7, 11) is -3.42. The molecule has 0 saturated carbocycles. The van der Waals surface area contributed by atoms with Crippen LogP contribution >= 0.6 is 0 Å². The fraction of sp³-hybridized carbons (Fsp3) is 0.538. The van der Waals surface area contributed by atoms with Crippen molar-refractivity contribution in [2.45, 2.75) is 37.7 Å². The number of hydrogen-bond donors (Lipinski definition) is 1. The maximum atomic E-state index is 12.5. The van der Waals surface area contributed by atoms with Gasteiger partial charge in [0.05, 0.1) is 11.0 Å². The number of aliphatic hydroxyl groups is 1. The van der Waals surface area contributed by atoms with Gasteiger partial charge in [0.25, 0.3) is 0 Å². The van der Waals surface area contributed by atoms with Crippen molar-refractivity contribution in [3.63, 3.8) is 0 Å². The molecule has 0 bridgehead atoms. The summed E-state index contributed by atoms with van der Waals surface area (Å²) in [5, 5.41) is 9.44. The lowest BCUT2D eigenvalue weighted by Gasteiger charge is -2.29. The molecule has 100 valence electrons. The lowest BCUT2D eigenvalue weighted by molar-refractivity contribution is 0.113. The fourth-order valence-electron chi connectivity index (χ4n) is 2.21. The smallest absolute Gasteiger partial charge is 0.243 e. The normalized spacial score (nSPS) is 19.1. The van der Waals surface area contributed by atoms with E-state index in [1.54, 1.807) is 6.07 Å². The van der Waals surface area contributed by atoms with Crippen LogP contribution < -0.4 is 0 Å². The van der Waals surface area contributed by atoms with Gasteiger partial charge in [0.15, 0.2) is 0 Å². The van der Waals surface area contributed by atoms with E-state index in [2.05, 4.69) is 0 Å². The molecule has 0 amide bonds. The predicted molar refractivity (Wildman–Crippen MR) is 69.9 cm³/mol. The molecule has 5 heteroatoms. The first kappa shape index (κ1) is 13.5. The van der Waals surface area contributed by atoms with E-state index in [1.165, 1.54) is 4.31 Å². The van der Waals surface area contributed by atoms with Crippen LogP contribution in [-0.4, -0.2) is 37.0 Å². The second-order valence-electron chi connectivity index (χ2n) is 4.90. The van der Waals surface area contributed by atoms with E-state index in [9.17, 15) is 13.5 Å². The van der Waals surface area contributed by atoms with Gasteiger partial charge in [-0.3, -0.25) is 0 Å². The third kappa shape index (κ3) is 2.58. The Morgan fingerprint density at radius 1 is 1.22 bits per heavy atom. The number of aryl methyl sites for hydroxylation is 2. The number of sulfonamides is 1. The summed E-state index contributed by atoms with van der Waals surface area (Å²) in [6.45, 7) is 4.50. The summed E-state index contributed by atoms with van der Waals surface area (Å²) in [4.78, 5) is 0.388. The SMILES string of the molecule is Cc1ccc(C)c(S(=O)(=O)N2CCC(O)CC2)c1. The van der Waals surface area contributed by atoms with Crippen LogP contribution in [0.25, 0.3) is 0 Å². The van der Waals surface area contributed by atoms with Crippen LogP contribution in [-0.2, 0) is 10.0 Å². The molecule has 1 saturated heterocycles. The molecule has 0 radical (unpaired) electrons. The largest absolute Gasteiger partial charge is 0.393 e. The van der Waals surface area contributed by atoms with E-state index < -0.39 is 10.0 Å². The Morgan fingerprint density at radius 2 is 1.83 bits per heavy atom. The summed E-state index contributed by atoms with van der Waals surface area (Å²) in [5.41, 5.74) is 1.71. The molecule has 0 spiro atoms. The number of rotatable bonds is 2. The van der Waals surface area contributed by atoms with E-state index in [-0.39, 0.29) is 6.10 Å². The third-order valence-corrected chi connectivity index (χ3v) is 5.43. The second kappa shape index (κ2) is 4.99. The van der Waals surface area contributed by atoms with Crippen molar-refractivity contribution in [3.8, 4) is 0 Å². The van der Waals surface area contributed by atoms with Gasteiger partial charge in [-0.05, 0) is 43.9 Å². The minimum absolute atomic E-state index is 0.366. The van der Waals surface area contributed by atoms with Gasteiger partial charge >= 0.3 is 0 Å². The van der Waals surface area contributed by atoms with Crippen molar-refractivity contribution >= 4 is 10.0 Å². The van der Waals surface area contributed by atoms with E-state index >= 15 is 0 Å². The Balaban J connectivity index is 2.33. The fourth-order valence-corrected chi connectivity index (χ4v) is 3.99. The standard InChI is InChI=1S/C13H19NO3S/c1-10-3-4-11(2)13(9-10)18(16,17)14-7-5-12(15)6-8-14/h3-4,9,12,15H,5-8H2,1-2H3. The molecule has 18 heavy (non-hydrogen) atoms. The maximum Gasteiger partial charge on any atom is 0.243 e. The topological polar surface area (TPSA) is 57.6 Å². The highest BCUT2D eigenvalue weighted by atomic mass is 32.2. The lowest BCUT2D eigenvalue weighted by Crippen LogP contribution is -2.40. The van der Waals surface area contributed by atoms with Crippen molar-refractivity contribution in [1.82, 2.24) is 4.31 Å². The summed E-state index contributed by atoms with van der Waals surface area (Å²) in [5.74, 6) is 0. The minimum atomic E-state index is -3.42. The van der Waals surface area contributed by atoms with E-state index in [1.807, 2.05) is 26.0 Å². The number of benzene rings is 1. The summed E-state index contributed by atoms with van der Waals surface area (Å²) >= 11 is 0. The molecular formula is C13H19NO3S. The van der Waals surface area contributed by atoms with Crippen LogP contribution in [0.1, 0.15) is 24.0 Å². The summed E-state index contributed by atoms with van der Waals surface area (Å²) in [6, 6.07) is 5.46. The van der Waals surface area contributed by atoms with Crippen molar-refractivity contribution in [1.29, 1.82) is 0 Å². The van der Waals surface area contributed by atoms with Gasteiger partial charge in [-0.25, -0.2) is 8.42 Å². The Kier molecular flexibility index (Phi) is 3.75. The molecule has 1 fully saturated rings. The van der Waals surface area contributed by atoms with Crippen LogP contribution in [0.4, 0.5) is 0 Å².